The minimum absolute atomic E-state index is 0.0765. The molecule has 0 N–H and O–H groups in total. The first-order valence-corrected chi connectivity index (χ1v) is 11.4. The molecule has 0 spiro atoms. The van der Waals surface area contributed by atoms with Gasteiger partial charge in [-0.3, -0.25) is 14.9 Å². The summed E-state index contributed by atoms with van der Waals surface area (Å²) in [4.78, 5) is 24.4. The van der Waals surface area contributed by atoms with Crippen LogP contribution in [0.5, 0.6) is 11.5 Å². The Kier molecular flexibility index (Phi) is 7.31. The van der Waals surface area contributed by atoms with Crippen LogP contribution < -0.4 is 9.47 Å². The fraction of sp³-hybridized carbons (Fsp3) is 0.381. The number of nitrogens with zero attached hydrogens (tertiary/aromatic N) is 3. The zero-order valence-electron chi connectivity index (χ0n) is 17.9. The average Bonchev–Trinajstić information content (AvgIpc) is 2.82. The van der Waals surface area contributed by atoms with Gasteiger partial charge in [0.05, 0.1) is 19.1 Å². The second kappa shape index (κ2) is 9.96. The van der Waals surface area contributed by atoms with E-state index in [4.69, 9.17) is 9.47 Å². The van der Waals surface area contributed by atoms with E-state index < -0.39 is 20.6 Å². The third-order valence-electron chi connectivity index (χ3n) is 5.31. The number of benzene rings is 2. The molecule has 1 aliphatic rings. The smallest absolute Gasteiger partial charge is 0.289 e. The van der Waals surface area contributed by atoms with E-state index in [1.54, 1.807) is 25.2 Å². The lowest BCUT2D eigenvalue weighted by molar-refractivity contribution is -0.387. The summed E-state index contributed by atoms with van der Waals surface area (Å²) >= 11 is 0. The van der Waals surface area contributed by atoms with E-state index in [0.29, 0.717) is 17.9 Å². The summed E-state index contributed by atoms with van der Waals surface area (Å²) in [5, 5.41) is 11.2. The van der Waals surface area contributed by atoms with Crippen LogP contribution in [-0.4, -0.2) is 68.9 Å². The van der Waals surface area contributed by atoms with Crippen LogP contribution in [0.2, 0.25) is 0 Å². The highest BCUT2D eigenvalue weighted by Crippen LogP contribution is 2.27. The molecule has 1 heterocycles. The van der Waals surface area contributed by atoms with Gasteiger partial charge >= 0.3 is 0 Å². The van der Waals surface area contributed by atoms with Crippen LogP contribution in [0.15, 0.2) is 47.4 Å². The van der Waals surface area contributed by atoms with Gasteiger partial charge in [0.15, 0.2) is 4.90 Å². The zero-order valence-corrected chi connectivity index (χ0v) is 18.7. The minimum atomic E-state index is -4.03. The van der Waals surface area contributed by atoms with Crippen molar-refractivity contribution < 1.29 is 27.6 Å². The monoisotopic (exact) mass is 463 g/mol. The van der Waals surface area contributed by atoms with Gasteiger partial charge in [0, 0.05) is 44.7 Å². The van der Waals surface area contributed by atoms with Gasteiger partial charge in [-0.1, -0.05) is 12.1 Å². The van der Waals surface area contributed by atoms with Gasteiger partial charge in [0.2, 0.25) is 15.9 Å². The van der Waals surface area contributed by atoms with Crippen LogP contribution in [0.4, 0.5) is 5.69 Å². The standard InChI is InChI=1S/C21H25N3O7S/c1-30-17-13-16(14-18(15-17)31-2)7-8-21(25)22-9-11-23(12-10-22)32(28,29)20-6-4-3-5-19(20)24(26)27/h3-6,13-15H,7-12H2,1-2H3. The van der Waals surface area contributed by atoms with E-state index in [1.165, 1.54) is 28.6 Å². The second-order valence-electron chi connectivity index (χ2n) is 7.23. The first-order valence-electron chi connectivity index (χ1n) is 9.99. The number of piperazine rings is 1. The summed E-state index contributed by atoms with van der Waals surface area (Å²) in [6.45, 7) is 0.598. The molecule has 0 aromatic heterocycles. The molecule has 1 fully saturated rings. The molecule has 3 rings (SSSR count). The van der Waals surface area contributed by atoms with Crippen molar-refractivity contribution in [2.45, 2.75) is 17.7 Å². The molecule has 0 unspecified atom stereocenters. The fourth-order valence-electron chi connectivity index (χ4n) is 3.56. The van der Waals surface area contributed by atoms with Crippen molar-refractivity contribution in [3.8, 4) is 11.5 Å². The van der Waals surface area contributed by atoms with Crippen LogP contribution in [0.3, 0.4) is 0 Å². The largest absolute Gasteiger partial charge is 0.497 e. The summed E-state index contributed by atoms with van der Waals surface area (Å²) in [5.41, 5.74) is 0.437. The zero-order chi connectivity index (χ0) is 23.3. The maximum atomic E-state index is 12.9. The van der Waals surface area contributed by atoms with Crippen LogP contribution in [0.25, 0.3) is 0 Å². The molecule has 1 aliphatic heterocycles. The highest BCUT2D eigenvalue weighted by molar-refractivity contribution is 7.89. The average molecular weight is 464 g/mol. The van der Waals surface area contributed by atoms with Crippen molar-refractivity contribution in [2.75, 3.05) is 40.4 Å². The second-order valence-corrected chi connectivity index (χ2v) is 9.14. The molecule has 32 heavy (non-hydrogen) atoms. The van der Waals surface area contributed by atoms with Gasteiger partial charge < -0.3 is 14.4 Å². The fourth-order valence-corrected chi connectivity index (χ4v) is 5.14. The van der Waals surface area contributed by atoms with Crippen LogP contribution in [-0.2, 0) is 21.2 Å². The summed E-state index contributed by atoms with van der Waals surface area (Å²) in [6.07, 6.45) is 0.744. The Hall–Kier alpha value is -3.18. The van der Waals surface area contributed by atoms with Crippen LogP contribution in [0.1, 0.15) is 12.0 Å². The summed E-state index contributed by atoms with van der Waals surface area (Å²) in [6, 6.07) is 10.7. The van der Waals surface area contributed by atoms with Crippen LogP contribution in [0, 0.1) is 10.1 Å². The lowest BCUT2D eigenvalue weighted by Crippen LogP contribution is -2.50. The van der Waals surface area contributed by atoms with Gasteiger partial charge in [-0.25, -0.2) is 8.42 Å². The number of hydrogen-bond donors (Lipinski definition) is 0. The summed E-state index contributed by atoms with van der Waals surface area (Å²) in [7, 11) is -0.918. The molecule has 11 heteroatoms. The Morgan fingerprint density at radius 1 is 1.03 bits per heavy atom. The predicted octanol–water partition coefficient (Wildman–Crippen LogP) is 2.08. The number of carbonyl (C=O) groups excluding carboxylic acids is 1. The van der Waals surface area contributed by atoms with Gasteiger partial charge in [0.25, 0.3) is 5.69 Å². The molecular formula is C21H25N3O7S. The molecule has 10 nitrogen and oxygen atoms in total. The number of nitro groups is 1. The Morgan fingerprint density at radius 2 is 1.62 bits per heavy atom. The van der Waals surface area contributed by atoms with E-state index in [-0.39, 0.29) is 43.4 Å². The molecule has 0 bridgehead atoms. The number of amides is 1. The Labute approximate surface area is 186 Å². The van der Waals surface area contributed by atoms with Gasteiger partial charge in [0.1, 0.15) is 11.5 Å². The maximum absolute atomic E-state index is 12.9. The number of para-hydroxylation sites is 1. The first-order chi connectivity index (χ1) is 15.3. The van der Waals surface area contributed by atoms with E-state index in [9.17, 15) is 23.3 Å². The SMILES string of the molecule is COc1cc(CCC(=O)N2CCN(S(=O)(=O)c3ccccc3[N+](=O)[O-])CC2)cc(OC)c1. The highest BCUT2D eigenvalue weighted by atomic mass is 32.2. The molecule has 0 aliphatic carbocycles. The van der Waals surface area contributed by atoms with E-state index in [2.05, 4.69) is 0 Å². The van der Waals surface area contributed by atoms with Crippen molar-refractivity contribution in [2.24, 2.45) is 0 Å². The number of aryl methyl sites for hydroxylation is 1. The van der Waals surface area contributed by atoms with Crippen molar-refractivity contribution in [3.05, 3.63) is 58.1 Å². The Morgan fingerprint density at radius 3 is 2.19 bits per heavy atom. The molecule has 2 aromatic rings. The highest BCUT2D eigenvalue weighted by Gasteiger charge is 2.34. The minimum Gasteiger partial charge on any atom is -0.497 e. The number of methoxy groups -OCH3 is 2. The van der Waals surface area contributed by atoms with Crippen molar-refractivity contribution in [1.29, 1.82) is 0 Å². The topological polar surface area (TPSA) is 119 Å². The number of rotatable bonds is 8. The Bertz CT molecular complexity index is 1070. The van der Waals surface area contributed by atoms with E-state index in [0.717, 1.165) is 5.56 Å². The van der Waals surface area contributed by atoms with E-state index >= 15 is 0 Å². The third kappa shape index (κ3) is 5.17. The molecule has 1 saturated heterocycles. The summed E-state index contributed by atoms with van der Waals surface area (Å²) < 4.78 is 37.5. The lowest BCUT2D eigenvalue weighted by Gasteiger charge is -2.34. The number of hydrogen-bond acceptors (Lipinski definition) is 7. The van der Waals surface area contributed by atoms with Crippen LogP contribution >= 0.6 is 0 Å². The molecule has 0 atom stereocenters. The number of sulfonamides is 1. The van der Waals surface area contributed by atoms with Gasteiger partial charge in [-0.15, -0.1) is 0 Å². The molecule has 0 radical (unpaired) electrons. The van der Waals surface area contributed by atoms with Crippen molar-refractivity contribution in [1.82, 2.24) is 9.21 Å². The Balaban J connectivity index is 1.61. The van der Waals surface area contributed by atoms with Crippen molar-refractivity contribution in [3.63, 3.8) is 0 Å². The number of carbonyl (C=O) groups is 1. The van der Waals surface area contributed by atoms with E-state index in [1.807, 2.05) is 12.1 Å². The lowest BCUT2D eigenvalue weighted by atomic mass is 10.1. The number of ether oxygens (including phenoxy) is 2. The third-order valence-corrected chi connectivity index (χ3v) is 7.26. The van der Waals surface area contributed by atoms with Gasteiger partial charge in [-0.05, 0) is 30.2 Å². The number of nitro benzene ring substituents is 1. The maximum Gasteiger partial charge on any atom is 0.289 e. The normalized spacial score (nSPS) is 14.8. The quantitative estimate of drug-likeness (QED) is 0.434. The first kappa shape index (κ1) is 23.5. The van der Waals surface area contributed by atoms with Crippen molar-refractivity contribution >= 4 is 21.6 Å². The molecule has 172 valence electrons. The van der Waals surface area contributed by atoms with Gasteiger partial charge in [-0.2, -0.15) is 4.31 Å². The molecular weight excluding hydrogens is 438 g/mol. The molecule has 2 aromatic carbocycles. The molecule has 0 saturated carbocycles. The predicted molar refractivity (Wildman–Crippen MR) is 116 cm³/mol. The molecule has 1 amide bonds. The summed E-state index contributed by atoms with van der Waals surface area (Å²) in [5.74, 6) is 1.19.